The van der Waals surface area contributed by atoms with Crippen molar-refractivity contribution in [1.29, 1.82) is 0 Å². The number of ether oxygens (including phenoxy) is 3. The minimum Gasteiger partial charge on any atom is -0.462 e. The van der Waals surface area contributed by atoms with E-state index in [0.717, 1.165) is 122 Å². The van der Waals surface area contributed by atoms with Gasteiger partial charge in [-0.05, 0) is 96.3 Å². The third-order valence-corrected chi connectivity index (χ3v) is 10.5. The predicted octanol–water partition coefficient (Wildman–Crippen LogP) is 17.3. The fourth-order valence-corrected chi connectivity index (χ4v) is 6.59. The van der Waals surface area contributed by atoms with Crippen LogP contribution in [0.4, 0.5) is 0 Å². The Bertz CT molecular complexity index is 1400. The number of carbonyl (C=O) groups excluding carboxylic acids is 3. The van der Waals surface area contributed by atoms with Gasteiger partial charge < -0.3 is 14.2 Å². The first kappa shape index (κ1) is 60.8. The smallest absolute Gasteiger partial charge is 0.306 e. The molecule has 0 aliphatic rings. The quantitative estimate of drug-likeness (QED) is 0.0262. The summed E-state index contributed by atoms with van der Waals surface area (Å²) < 4.78 is 16.6. The van der Waals surface area contributed by atoms with Crippen molar-refractivity contribution in [2.24, 2.45) is 0 Å². The molecule has 0 aliphatic heterocycles. The Hall–Kier alpha value is -4.19. The van der Waals surface area contributed by atoms with E-state index in [9.17, 15) is 14.4 Å². The molecule has 65 heavy (non-hydrogen) atoms. The van der Waals surface area contributed by atoms with E-state index in [-0.39, 0.29) is 31.1 Å². The summed E-state index contributed by atoms with van der Waals surface area (Å²) in [6.45, 7) is 6.37. The molecule has 0 N–H and O–H groups in total. The van der Waals surface area contributed by atoms with Crippen LogP contribution < -0.4 is 0 Å². The van der Waals surface area contributed by atoms with Crippen LogP contribution in [0.2, 0.25) is 0 Å². The van der Waals surface area contributed by atoms with Gasteiger partial charge in [0, 0.05) is 19.3 Å². The standard InChI is InChI=1S/C59H94O6/c1-4-7-10-13-16-17-18-19-20-21-22-23-24-25-26-27-28-29-30-31-32-33-34-35-36-37-38-39-40-41-44-46-49-52-58(61)64-55-56(65-59(62)53-50-47-43-15-12-9-6-3)54-63-57(60)51-48-45-42-14-11-8-5-2/h7,10,16-17,19-20,22-23,25-26,28-29,31-32,34-35,37-38,40-41,56H,4-6,8-9,11-15,18,21,24,27,30,33,36,39,42-55H2,1-3H3/b10-7-,17-16-,20-19-,23-22-,26-25-,29-28-,32-31-,35-34-,38-37-,41-40-. The molecule has 0 fully saturated rings. The Kier molecular flexibility index (Phi) is 49.1. The summed E-state index contributed by atoms with van der Waals surface area (Å²) in [4.78, 5) is 37.5. The second kappa shape index (κ2) is 52.4. The van der Waals surface area contributed by atoms with E-state index in [1.54, 1.807) is 0 Å². The van der Waals surface area contributed by atoms with Crippen molar-refractivity contribution >= 4 is 17.9 Å². The van der Waals surface area contributed by atoms with Gasteiger partial charge in [-0.1, -0.05) is 219 Å². The van der Waals surface area contributed by atoms with Crippen molar-refractivity contribution in [2.45, 2.75) is 219 Å². The monoisotopic (exact) mass is 899 g/mol. The van der Waals surface area contributed by atoms with E-state index in [1.165, 1.54) is 51.4 Å². The highest BCUT2D eigenvalue weighted by Gasteiger charge is 2.19. The van der Waals surface area contributed by atoms with Crippen molar-refractivity contribution in [2.75, 3.05) is 13.2 Å². The molecule has 1 atom stereocenters. The number of carbonyl (C=O) groups is 3. The highest BCUT2D eigenvalue weighted by molar-refractivity contribution is 5.71. The lowest BCUT2D eigenvalue weighted by atomic mass is 10.1. The average molecular weight is 899 g/mol. The largest absolute Gasteiger partial charge is 0.462 e. The van der Waals surface area contributed by atoms with Crippen LogP contribution in [0.15, 0.2) is 122 Å². The number of allylic oxidation sites excluding steroid dienone is 20. The van der Waals surface area contributed by atoms with Gasteiger partial charge >= 0.3 is 17.9 Å². The van der Waals surface area contributed by atoms with Crippen molar-refractivity contribution < 1.29 is 28.6 Å². The number of unbranched alkanes of at least 4 members (excludes halogenated alkanes) is 14. The Balaban J connectivity index is 4.15. The highest BCUT2D eigenvalue weighted by Crippen LogP contribution is 2.12. The van der Waals surface area contributed by atoms with Crippen LogP contribution in [0.1, 0.15) is 213 Å². The van der Waals surface area contributed by atoms with E-state index in [4.69, 9.17) is 14.2 Å². The molecule has 0 aromatic rings. The van der Waals surface area contributed by atoms with E-state index in [2.05, 4.69) is 142 Å². The fraction of sp³-hybridized carbons (Fsp3) is 0.610. The molecular weight excluding hydrogens is 805 g/mol. The molecule has 0 spiro atoms. The fourth-order valence-electron chi connectivity index (χ4n) is 6.59. The number of rotatable bonds is 45. The molecule has 6 nitrogen and oxygen atoms in total. The number of esters is 3. The van der Waals surface area contributed by atoms with Crippen LogP contribution in [0.5, 0.6) is 0 Å². The molecule has 0 aliphatic carbocycles. The SMILES string of the molecule is CC/C=C\C/C=C\C/C=C\C/C=C\C/C=C\C/C=C\C/C=C\C/C=C\C/C=C\C/C=C\CCCCC(=O)OCC(COC(=O)CCCCCCCCC)OC(=O)CCCCCCCCC. The number of hydrogen-bond acceptors (Lipinski definition) is 6. The highest BCUT2D eigenvalue weighted by atomic mass is 16.6. The van der Waals surface area contributed by atoms with E-state index in [0.29, 0.717) is 19.3 Å². The van der Waals surface area contributed by atoms with Crippen LogP contribution >= 0.6 is 0 Å². The molecule has 0 aromatic carbocycles. The van der Waals surface area contributed by atoms with Crippen molar-refractivity contribution in [3.05, 3.63) is 122 Å². The summed E-state index contributed by atoms with van der Waals surface area (Å²) in [7, 11) is 0. The first-order valence-electron chi connectivity index (χ1n) is 26.0. The van der Waals surface area contributed by atoms with Gasteiger partial charge in [0.15, 0.2) is 6.10 Å². The first-order valence-corrected chi connectivity index (χ1v) is 26.0. The number of hydrogen-bond donors (Lipinski definition) is 0. The molecule has 0 aromatic heterocycles. The van der Waals surface area contributed by atoms with E-state index < -0.39 is 6.10 Å². The summed E-state index contributed by atoms with van der Waals surface area (Å²) in [6.07, 6.45) is 72.4. The van der Waals surface area contributed by atoms with Crippen LogP contribution in [0.25, 0.3) is 0 Å². The van der Waals surface area contributed by atoms with Gasteiger partial charge in [0.1, 0.15) is 13.2 Å². The van der Waals surface area contributed by atoms with Gasteiger partial charge in [0.25, 0.3) is 0 Å². The molecule has 0 saturated heterocycles. The zero-order valence-electron chi connectivity index (χ0n) is 41.7. The maximum atomic E-state index is 12.6. The predicted molar refractivity (Wildman–Crippen MR) is 279 cm³/mol. The third kappa shape index (κ3) is 50.7. The summed E-state index contributed by atoms with van der Waals surface area (Å²) >= 11 is 0. The lowest BCUT2D eigenvalue weighted by molar-refractivity contribution is -0.167. The van der Waals surface area contributed by atoms with Crippen LogP contribution in [0, 0.1) is 0 Å². The molecule has 0 bridgehead atoms. The van der Waals surface area contributed by atoms with Crippen molar-refractivity contribution in [1.82, 2.24) is 0 Å². The Morgan fingerprint density at radius 2 is 0.600 bits per heavy atom. The lowest BCUT2D eigenvalue weighted by Gasteiger charge is -2.18. The van der Waals surface area contributed by atoms with E-state index >= 15 is 0 Å². The molecule has 0 heterocycles. The zero-order valence-corrected chi connectivity index (χ0v) is 41.7. The molecule has 366 valence electrons. The van der Waals surface area contributed by atoms with Crippen LogP contribution in [-0.2, 0) is 28.6 Å². The Labute approximate surface area is 399 Å². The molecule has 0 rings (SSSR count). The molecule has 6 heteroatoms. The molecule has 0 saturated carbocycles. The normalized spacial score (nSPS) is 13.1. The summed E-state index contributed by atoms with van der Waals surface area (Å²) in [5.74, 6) is -0.962. The maximum absolute atomic E-state index is 12.6. The third-order valence-electron chi connectivity index (χ3n) is 10.5. The molecule has 1 unspecified atom stereocenters. The second-order valence-electron chi connectivity index (χ2n) is 16.7. The molecule has 0 radical (unpaired) electrons. The average Bonchev–Trinajstić information content (AvgIpc) is 3.30. The Morgan fingerprint density at radius 1 is 0.323 bits per heavy atom. The van der Waals surface area contributed by atoms with Gasteiger partial charge in [-0.3, -0.25) is 14.4 Å². The Morgan fingerprint density at radius 3 is 0.938 bits per heavy atom. The first-order chi connectivity index (χ1) is 32.0. The second-order valence-corrected chi connectivity index (χ2v) is 16.7. The van der Waals surface area contributed by atoms with Gasteiger partial charge in [0.2, 0.25) is 0 Å². The van der Waals surface area contributed by atoms with Gasteiger partial charge in [-0.2, -0.15) is 0 Å². The van der Waals surface area contributed by atoms with Crippen LogP contribution in [-0.4, -0.2) is 37.2 Å². The van der Waals surface area contributed by atoms with Gasteiger partial charge in [-0.25, -0.2) is 0 Å². The van der Waals surface area contributed by atoms with Crippen LogP contribution in [0.3, 0.4) is 0 Å². The summed E-state index contributed by atoms with van der Waals surface area (Å²) in [6, 6.07) is 0. The molecule has 0 amide bonds. The minimum absolute atomic E-state index is 0.0927. The summed E-state index contributed by atoms with van der Waals surface area (Å²) in [5, 5.41) is 0. The van der Waals surface area contributed by atoms with Crippen molar-refractivity contribution in [3.8, 4) is 0 Å². The maximum Gasteiger partial charge on any atom is 0.306 e. The van der Waals surface area contributed by atoms with Gasteiger partial charge in [-0.15, -0.1) is 0 Å². The minimum atomic E-state index is -0.790. The lowest BCUT2D eigenvalue weighted by Crippen LogP contribution is -2.30. The zero-order chi connectivity index (χ0) is 47.2. The van der Waals surface area contributed by atoms with Gasteiger partial charge in [0.05, 0.1) is 0 Å². The molecular formula is C59H94O6. The van der Waals surface area contributed by atoms with Crippen molar-refractivity contribution in [3.63, 3.8) is 0 Å². The van der Waals surface area contributed by atoms with E-state index in [1.807, 2.05) is 0 Å². The summed E-state index contributed by atoms with van der Waals surface area (Å²) in [5.41, 5.74) is 0. The topological polar surface area (TPSA) is 78.9 Å².